The van der Waals surface area contributed by atoms with Gasteiger partial charge >= 0.3 is 5.97 Å². The van der Waals surface area contributed by atoms with Crippen LogP contribution in [-0.4, -0.2) is 36.2 Å². The van der Waals surface area contributed by atoms with Crippen molar-refractivity contribution in [3.63, 3.8) is 0 Å². The number of rotatable bonds is 7. The number of carbonyl (C=O) groups is 2. The van der Waals surface area contributed by atoms with Gasteiger partial charge in [0.2, 0.25) is 5.91 Å². The van der Waals surface area contributed by atoms with Gasteiger partial charge in [0.25, 0.3) is 0 Å². The van der Waals surface area contributed by atoms with E-state index in [4.69, 9.17) is 15.6 Å². The molecule has 1 unspecified atom stereocenters. The van der Waals surface area contributed by atoms with Crippen LogP contribution in [-0.2, 0) is 20.9 Å². The molecule has 1 rings (SSSR count). The van der Waals surface area contributed by atoms with Crippen LogP contribution in [0.3, 0.4) is 0 Å². The van der Waals surface area contributed by atoms with Gasteiger partial charge in [-0.05, 0) is 5.56 Å². The van der Waals surface area contributed by atoms with E-state index in [0.29, 0.717) is 6.61 Å². The number of amides is 1. The third kappa shape index (κ3) is 5.42. The SMILES string of the molecule is NC(COCc1ccccc1)C(=O)NCC(=O)O. The molecule has 0 aliphatic heterocycles. The van der Waals surface area contributed by atoms with Gasteiger partial charge in [-0.3, -0.25) is 9.59 Å². The van der Waals surface area contributed by atoms with Gasteiger partial charge in [-0.15, -0.1) is 0 Å². The standard InChI is InChI=1S/C12H16N2O4/c13-10(12(17)14-6-11(15)16)8-18-7-9-4-2-1-3-5-9/h1-5,10H,6-8,13H2,(H,14,17)(H,15,16). The molecule has 6 nitrogen and oxygen atoms in total. The normalized spacial score (nSPS) is 11.8. The lowest BCUT2D eigenvalue weighted by Crippen LogP contribution is -2.45. The van der Waals surface area contributed by atoms with Crippen LogP contribution in [0.2, 0.25) is 0 Å². The zero-order valence-electron chi connectivity index (χ0n) is 9.83. The number of nitrogens with one attached hydrogen (secondary N) is 1. The fourth-order valence-electron chi connectivity index (χ4n) is 1.25. The topological polar surface area (TPSA) is 102 Å². The number of carbonyl (C=O) groups excluding carboxylic acids is 1. The summed E-state index contributed by atoms with van der Waals surface area (Å²) in [4.78, 5) is 21.5. The minimum atomic E-state index is -1.11. The van der Waals surface area contributed by atoms with Crippen LogP contribution in [0.1, 0.15) is 5.56 Å². The molecule has 0 radical (unpaired) electrons. The highest BCUT2D eigenvalue weighted by Gasteiger charge is 2.14. The summed E-state index contributed by atoms with van der Waals surface area (Å²) in [5, 5.41) is 10.6. The van der Waals surface area contributed by atoms with E-state index >= 15 is 0 Å². The number of nitrogens with two attached hydrogens (primary N) is 1. The molecule has 1 aromatic rings. The summed E-state index contributed by atoms with van der Waals surface area (Å²) in [6.07, 6.45) is 0. The maximum Gasteiger partial charge on any atom is 0.322 e. The van der Waals surface area contributed by atoms with Crippen molar-refractivity contribution in [2.75, 3.05) is 13.2 Å². The van der Waals surface area contributed by atoms with Crippen LogP contribution in [0.25, 0.3) is 0 Å². The Morgan fingerprint density at radius 3 is 2.61 bits per heavy atom. The van der Waals surface area contributed by atoms with Gasteiger partial charge in [-0.1, -0.05) is 30.3 Å². The lowest BCUT2D eigenvalue weighted by Gasteiger charge is -2.11. The molecule has 0 saturated carbocycles. The van der Waals surface area contributed by atoms with E-state index in [0.717, 1.165) is 5.56 Å². The zero-order chi connectivity index (χ0) is 13.4. The smallest absolute Gasteiger partial charge is 0.322 e. The van der Waals surface area contributed by atoms with Gasteiger partial charge in [-0.2, -0.15) is 0 Å². The average molecular weight is 252 g/mol. The van der Waals surface area contributed by atoms with Crippen molar-refractivity contribution in [3.05, 3.63) is 35.9 Å². The quantitative estimate of drug-likeness (QED) is 0.620. The van der Waals surface area contributed by atoms with Gasteiger partial charge in [0.1, 0.15) is 12.6 Å². The Balaban J connectivity index is 2.22. The maximum atomic E-state index is 11.3. The highest BCUT2D eigenvalue weighted by molar-refractivity contribution is 5.85. The van der Waals surface area contributed by atoms with Crippen LogP contribution in [0.15, 0.2) is 30.3 Å². The molecule has 0 bridgehead atoms. The molecular formula is C12H16N2O4. The van der Waals surface area contributed by atoms with Crippen molar-refractivity contribution >= 4 is 11.9 Å². The van der Waals surface area contributed by atoms with Gasteiger partial charge < -0.3 is 20.9 Å². The molecule has 0 aliphatic rings. The number of carboxylic acids is 1. The molecule has 0 aromatic heterocycles. The molecule has 6 heteroatoms. The molecule has 1 aromatic carbocycles. The third-order valence-corrected chi connectivity index (χ3v) is 2.16. The molecule has 18 heavy (non-hydrogen) atoms. The predicted octanol–water partition coefficient (Wildman–Crippen LogP) is -0.269. The lowest BCUT2D eigenvalue weighted by atomic mass is 10.2. The summed E-state index contributed by atoms with van der Waals surface area (Å²) in [6, 6.07) is 8.60. The second-order valence-corrected chi connectivity index (χ2v) is 3.72. The average Bonchev–Trinajstić information content (AvgIpc) is 2.37. The minimum Gasteiger partial charge on any atom is -0.480 e. The zero-order valence-corrected chi connectivity index (χ0v) is 9.83. The highest BCUT2D eigenvalue weighted by atomic mass is 16.5. The molecule has 1 amide bonds. The Hall–Kier alpha value is -1.92. The van der Waals surface area contributed by atoms with Gasteiger partial charge in [-0.25, -0.2) is 0 Å². The van der Waals surface area contributed by atoms with E-state index < -0.39 is 24.5 Å². The van der Waals surface area contributed by atoms with E-state index in [1.54, 1.807) is 0 Å². The number of ether oxygens (including phenoxy) is 1. The molecule has 0 fully saturated rings. The number of aliphatic carboxylic acids is 1. The fourth-order valence-corrected chi connectivity index (χ4v) is 1.25. The maximum absolute atomic E-state index is 11.3. The van der Waals surface area contributed by atoms with Crippen LogP contribution < -0.4 is 11.1 Å². The second-order valence-electron chi connectivity index (χ2n) is 3.72. The summed E-state index contributed by atoms with van der Waals surface area (Å²) in [7, 11) is 0. The molecule has 98 valence electrons. The first-order valence-electron chi connectivity index (χ1n) is 5.46. The first kappa shape index (κ1) is 14.1. The van der Waals surface area contributed by atoms with E-state index in [1.807, 2.05) is 30.3 Å². The van der Waals surface area contributed by atoms with Crippen LogP contribution in [0.5, 0.6) is 0 Å². The number of carboxylic acid groups (broad SMARTS) is 1. The summed E-state index contributed by atoms with van der Waals surface area (Å²) in [5.74, 6) is -1.65. The highest BCUT2D eigenvalue weighted by Crippen LogP contribution is 2.00. The van der Waals surface area contributed by atoms with E-state index in [-0.39, 0.29) is 6.61 Å². The molecule has 1 atom stereocenters. The van der Waals surface area contributed by atoms with Gasteiger partial charge in [0.15, 0.2) is 0 Å². The molecule has 0 saturated heterocycles. The van der Waals surface area contributed by atoms with E-state index in [1.165, 1.54) is 0 Å². The fraction of sp³-hybridized carbons (Fsp3) is 0.333. The van der Waals surface area contributed by atoms with Gasteiger partial charge in [0, 0.05) is 0 Å². The number of hydrogen-bond acceptors (Lipinski definition) is 4. The molecule has 4 N–H and O–H groups in total. The Morgan fingerprint density at radius 1 is 1.33 bits per heavy atom. The molecule has 0 heterocycles. The summed E-state index contributed by atoms with van der Waals surface area (Å²) in [6.45, 7) is -0.0354. The van der Waals surface area contributed by atoms with Crippen molar-refractivity contribution in [2.24, 2.45) is 5.73 Å². The van der Waals surface area contributed by atoms with Gasteiger partial charge in [0.05, 0.1) is 13.2 Å². The molecule has 0 spiro atoms. The van der Waals surface area contributed by atoms with Crippen LogP contribution >= 0.6 is 0 Å². The first-order chi connectivity index (χ1) is 8.59. The second kappa shape index (κ2) is 7.41. The summed E-state index contributed by atoms with van der Waals surface area (Å²) >= 11 is 0. The van der Waals surface area contributed by atoms with Crippen molar-refractivity contribution in [2.45, 2.75) is 12.6 Å². The van der Waals surface area contributed by atoms with Crippen molar-refractivity contribution < 1.29 is 19.4 Å². The van der Waals surface area contributed by atoms with Crippen LogP contribution in [0, 0.1) is 0 Å². The lowest BCUT2D eigenvalue weighted by molar-refractivity contribution is -0.138. The van der Waals surface area contributed by atoms with Crippen molar-refractivity contribution in [1.29, 1.82) is 0 Å². The summed E-state index contributed by atoms with van der Waals surface area (Å²) in [5.41, 5.74) is 6.52. The first-order valence-corrected chi connectivity index (χ1v) is 5.46. The van der Waals surface area contributed by atoms with E-state index in [2.05, 4.69) is 5.32 Å². The number of hydrogen-bond donors (Lipinski definition) is 3. The Morgan fingerprint density at radius 2 is 2.00 bits per heavy atom. The Kier molecular flexibility index (Phi) is 5.83. The largest absolute Gasteiger partial charge is 0.480 e. The van der Waals surface area contributed by atoms with Crippen molar-refractivity contribution in [3.8, 4) is 0 Å². The predicted molar refractivity (Wildman–Crippen MR) is 64.7 cm³/mol. The van der Waals surface area contributed by atoms with Crippen LogP contribution in [0.4, 0.5) is 0 Å². The van der Waals surface area contributed by atoms with Crippen molar-refractivity contribution in [1.82, 2.24) is 5.32 Å². The summed E-state index contributed by atoms with van der Waals surface area (Å²) < 4.78 is 5.28. The molecular weight excluding hydrogens is 236 g/mol. The minimum absolute atomic E-state index is 0.0420. The Bertz CT molecular complexity index is 394. The monoisotopic (exact) mass is 252 g/mol. The Labute approximate surface area is 105 Å². The molecule has 0 aliphatic carbocycles. The van der Waals surface area contributed by atoms with E-state index in [9.17, 15) is 9.59 Å². The third-order valence-electron chi connectivity index (χ3n) is 2.16. The number of benzene rings is 1.